The second kappa shape index (κ2) is 7.06. The molecule has 0 atom stereocenters. The molecular formula is C14H23ClN4. The first-order valence-electron chi connectivity index (χ1n) is 7.17. The van der Waals surface area contributed by atoms with Crippen molar-refractivity contribution in [3.63, 3.8) is 0 Å². The minimum absolute atomic E-state index is 0.515. The fraction of sp³-hybridized carbons (Fsp3) is 0.714. The second-order valence-corrected chi connectivity index (χ2v) is 5.68. The third kappa shape index (κ3) is 4.62. The predicted octanol–water partition coefficient (Wildman–Crippen LogP) is 2.84. The highest BCUT2D eigenvalue weighted by Crippen LogP contribution is 2.16. The van der Waals surface area contributed by atoms with E-state index >= 15 is 0 Å². The summed E-state index contributed by atoms with van der Waals surface area (Å²) in [7, 11) is 0. The number of nitrogens with one attached hydrogen (secondary N) is 1. The maximum Gasteiger partial charge on any atom is 0.134 e. The molecule has 1 saturated heterocycles. The Bertz CT molecular complexity index is 402. The molecule has 0 amide bonds. The highest BCUT2D eigenvalue weighted by molar-refractivity contribution is 6.29. The molecule has 0 bridgehead atoms. The van der Waals surface area contributed by atoms with E-state index < -0.39 is 0 Å². The quantitative estimate of drug-likeness (QED) is 0.843. The molecule has 5 heteroatoms. The van der Waals surface area contributed by atoms with E-state index in [1.807, 2.05) is 6.92 Å². The Kier molecular flexibility index (Phi) is 5.40. The number of hydrogen-bond donors (Lipinski definition) is 1. The van der Waals surface area contributed by atoms with E-state index in [9.17, 15) is 0 Å². The van der Waals surface area contributed by atoms with Crippen LogP contribution in [-0.2, 0) is 6.42 Å². The van der Waals surface area contributed by atoms with E-state index in [0.717, 1.165) is 37.1 Å². The van der Waals surface area contributed by atoms with Gasteiger partial charge in [0.05, 0.1) is 0 Å². The summed E-state index contributed by atoms with van der Waals surface area (Å²) in [6.07, 6.45) is 3.44. The van der Waals surface area contributed by atoms with Crippen LogP contribution < -0.4 is 5.32 Å². The first-order chi connectivity index (χ1) is 9.17. The van der Waals surface area contributed by atoms with Gasteiger partial charge in [0, 0.05) is 25.6 Å². The second-order valence-electron chi connectivity index (χ2n) is 5.30. The third-order valence-electron chi connectivity index (χ3n) is 3.67. The molecule has 0 spiro atoms. The van der Waals surface area contributed by atoms with Crippen molar-refractivity contribution in [3.05, 3.63) is 17.0 Å². The average molecular weight is 283 g/mol. The summed E-state index contributed by atoms with van der Waals surface area (Å²) in [5.41, 5.74) is 0. The number of halogens is 1. The van der Waals surface area contributed by atoms with Gasteiger partial charge in [0.25, 0.3) is 0 Å². The van der Waals surface area contributed by atoms with E-state index in [2.05, 4.69) is 27.1 Å². The normalized spacial score (nSPS) is 17.6. The van der Waals surface area contributed by atoms with Gasteiger partial charge in [0.1, 0.15) is 16.8 Å². The lowest BCUT2D eigenvalue weighted by Crippen LogP contribution is -2.36. The number of piperidine rings is 1. The summed E-state index contributed by atoms with van der Waals surface area (Å²) in [4.78, 5) is 11.1. The van der Waals surface area contributed by atoms with Crippen LogP contribution in [-0.4, -0.2) is 41.0 Å². The zero-order chi connectivity index (χ0) is 13.7. The minimum atomic E-state index is 0.515. The smallest absolute Gasteiger partial charge is 0.134 e. The summed E-state index contributed by atoms with van der Waals surface area (Å²) < 4.78 is 0. The Morgan fingerprint density at radius 3 is 2.79 bits per heavy atom. The number of aromatic nitrogens is 2. The fourth-order valence-corrected chi connectivity index (χ4v) is 2.54. The van der Waals surface area contributed by atoms with E-state index in [1.165, 1.54) is 25.9 Å². The van der Waals surface area contributed by atoms with Crippen LogP contribution in [0.15, 0.2) is 6.07 Å². The highest BCUT2D eigenvalue weighted by atomic mass is 35.5. The first kappa shape index (κ1) is 14.5. The van der Waals surface area contributed by atoms with Crippen molar-refractivity contribution in [1.82, 2.24) is 14.9 Å². The molecule has 2 rings (SSSR count). The number of rotatable bonds is 5. The van der Waals surface area contributed by atoms with Crippen LogP contribution in [0, 0.1) is 5.92 Å². The molecule has 1 N–H and O–H groups in total. The van der Waals surface area contributed by atoms with Crippen molar-refractivity contribution >= 4 is 17.4 Å². The molecule has 1 aromatic rings. The van der Waals surface area contributed by atoms with Crippen LogP contribution in [0.25, 0.3) is 0 Å². The summed E-state index contributed by atoms with van der Waals surface area (Å²) in [5.74, 6) is 2.51. The third-order valence-corrected chi connectivity index (χ3v) is 3.86. The van der Waals surface area contributed by atoms with Crippen LogP contribution >= 0.6 is 11.6 Å². The number of likely N-dealkylation sites (tertiary alicyclic amines) is 1. The molecule has 0 unspecified atom stereocenters. The monoisotopic (exact) mass is 282 g/mol. The van der Waals surface area contributed by atoms with Crippen molar-refractivity contribution in [3.8, 4) is 0 Å². The van der Waals surface area contributed by atoms with Gasteiger partial charge in [-0.05, 0) is 31.8 Å². The Morgan fingerprint density at radius 2 is 2.11 bits per heavy atom. The van der Waals surface area contributed by atoms with Crippen molar-refractivity contribution in [1.29, 1.82) is 0 Å². The van der Waals surface area contributed by atoms with Gasteiger partial charge in [0.15, 0.2) is 0 Å². The van der Waals surface area contributed by atoms with E-state index in [4.69, 9.17) is 11.6 Å². The topological polar surface area (TPSA) is 41.1 Å². The van der Waals surface area contributed by atoms with Gasteiger partial charge in [-0.25, -0.2) is 9.97 Å². The van der Waals surface area contributed by atoms with Crippen molar-refractivity contribution in [2.45, 2.75) is 33.1 Å². The van der Waals surface area contributed by atoms with Crippen LogP contribution in [0.1, 0.15) is 32.5 Å². The number of nitrogens with zero attached hydrogens (tertiary/aromatic N) is 3. The zero-order valence-corrected chi connectivity index (χ0v) is 12.6. The molecule has 106 valence electrons. The number of hydrogen-bond acceptors (Lipinski definition) is 4. The lowest BCUT2D eigenvalue weighted by molar-refractivity contribution is 0.199. The lowest BCUT2D eigenvalue weighted by Gasteiger charge is -2.30. The molecule has 0 aromatic carbocycles. The van der Waals surface area contributed by atoms with Gasteiger partial charge in [0.2, 0.25) is 0 Å². The van der Waals surface area contributed by atoms with E-state index in [0.29, 0.717) is 5.15 Å². The summed E-state index contributed by atoms with van der Waals surface area (Å²) in [6.45, 7) is 8.77. The molecule has 4 nitrogen and oxygen atoms in total. The molecule has 0 saturated carbocycles. The van der Waals surface area contributed by atoms with Gasteiger partial charge < -0.3 is 10.2 Å². The molecule has 1 aliphatic heterocycles. The summed E-state index contributed by atoms with van der Waals surface area (Å²) in [5, 5.41) is 3.86. The summed E-state index contributed by atoms with van der Waals surface area (Å²) in [6, 6.07) is 1.79. The molecule has 1 aromatic heterocycles. The van der Waals surface area contributed by atoms with Gasteiger partial charge >= 0.3 is 0 Å². The number of anilines is 1. The zero-order valence-electron chi connectivity index (χ0n) is 11.8. The maximum atomic E-state index is 5.97. The standard InChI is InChI=1S/C14H23ClN4/c1-3-13-17-12(15)10-14(18-13)16-6-9-19-7-4-11(2)5-8-19/h10-11H,3-9H2,1-2H3,(H,16,17,18). The molecule has 0 aliphatic carbocycles. The maximum absolute atomic E-state index is 5.97. The predicted molar refractivity (Wildman–Crippen MR) is 79.7 cm³/mol. The van der Waals surface area contributed by atoms with Gasteiger partial charge in [-0.15, -0.1) is 0 Å². The van der Waals surface area contributed by atoms with Crippen LogP contribution in [0.5, 0.6) is 0 Å². The van der Waals surface area contributed by atoms with Gasteiger partial charge in [-0.1, -0.05) is 25.4 Å². The largest absolute Gasteiger partial charge is 0.369 e. The number of aryl methyl sites for hydroxylation is 1. The molecule has 2 heterocycles. The van der Waals surface area contributed by atoms with Crippen molar-refractivity contribution in [2.75, 3.05) is 31.5 Å². The molecule has 0 radical (unpaired) electrons. The first-order valence-corrected chi connectivity index (χ1v) is 7.55. The van der Waals surface area contributed by atoms with Gasteiger partial charge in [-0.3, -0.25) is 0 Å². The summed E-state index contributed by atoms with van der Waals surface area (Å²) >= 11 is 5.97. The Morgan fingerprint density at radius 1 is 1.37 bits per heavy atom. The van der Waals surface area contributed by atoms with Gasteiger partial charge in [-0.2, -0.15) is 0 Å². The fourth-order valence-electron chi connectivity index (χ4n) is 2.34. The van der Waals surface area contributed by atoms with Crippen LogP contribution in [0.2, 0.25) is 5.15 Å². The lowest BCUT2D eigenvalue weighted by atomic mass is 9.99. The Balaban J connectivity index is 1.77. The van der Waals surface area contributed by atoms with Crippen LogP contribution in [0.4, 0.5) is 5.82 Å². The Labute approximate surface area is 120 Å². The van der Waals surface area contributed by atoms with E-state index in [1.54, 1.807) is 6.07 Å². The van der Waals surface area contributed by atoms with E-state index in [-0.39, 0.29) is 0 Å². The van der Waals surface area contributed by atoms with Crippen molar-refractivity contribution < 1.29 is 0 Å². The molecule has 19 heavy (non-hydrogen) atoms. The minimum Gasteiger partial charge on any atom is -0.369 e. The van der Waals surface area contributed by atoms with Crippen molar-refractivity contribution in [2.24, 2.45) is 5.92 Å². The highest BCUT2D eigenvalue weighted by Gasteiger charge is 2.14. The Hall–Kier alpha value is -0.870. The van der Waals surface area contributed by atoms with Crippen LogP contribution in [0.3, 0.4) is 0 Å². The molecule has 1 aliphatic rings. The average Bonchev–Trinajstić information content (AvgIpc) is 2.40. The SMILES string of the molecule is CCc1nc(Cl)cc(NCCN2CCC(C)CC2)n1. The molecular weight excluding hydrogens is 260 g/mol. The molecule has 1 fully saturated rings.